The highest BCUT2D eigenvalue weighted by atomic mass is 16.3. The topological polar surface area (TPSA) is 99.6 Å². The molecule has 0 bridgehead atoms. The van der Waals surface area contributed by atoms with Gasteiger partial charge in [0.25, 0.3) is 5.91 Å². The molecule has 29 heavy (non-hydrogen) atoms. The van der Waals surface area contributed by atoms with Crippen LogP contribution in [0.25, 0.3) is 22.0 Å². The fraction of sp³-hybridized carbons (Fsp3) is 0.182. The molecule has 3 rings (SSSR count). The van der Waals surface area contributed by atoms with Crippen molar-refractivity contribution in [2.45, 2.75) is 6.04 Å². The van der Waals surface area contributed by atoms with E-state index < -0.39 is 30.2 Å². The summed E-state index contributed by atoms with van der Waals surface area (Å²) in [6.45, 7) is -0.828. The number of Topliss-reactive ketones (excluding diaryl/α,β-unsaturated/α-hetero) is 1. The minimum absolute atomic E-state index is 0.332. The van der Waals surface area contributed by atoms with E-state index in [2.05, 4.69) is 10.3 Å². The standard InChI is InChI=1S/C22H21N3O4/c1-23-21(28)20(19(27)13-26)25(2)22(29)15-7-5-14(6-8-15)16-9-10-18-17(12-16)4-3-11-24-18/h3-12,20,26H,13H2,1-2H3,(H,23,28). The average Bonchev–Trinajstić information content (AvgIpc) is 2.78. The summed E-state index contributed by atoms with van der Waals surface area (Å²) in [4.78, 5) is 42.0. The number of nitrogens with zero attached hydrogens (tertiary/aromatic N) is 2. The van der Waals surface area contributed by atoms with Gasteiger partial charge in [0.15, 0.2) is 11.8 Å². The van der Waals surface area contributed by atoms with Crippen LogP contribution in [0, 0.1) is 0 Å². The van der Waals surface area contributed by atoms with E-state index in [1.807, 2.05) is 30.3 Å². The fourth-order valence-corrected chi connectivity index (χ4v) is 3.14. The van der Waals surface area contributed by atoms with E-state index in [4.69, 9.17) is 5.11 Å². The Morgan fingerprint density at radius 2 is 1.76 bits per heavy atom. The van der Waals surface area contributed by atoms with Crippen LogP contribution in [0.15, 0.2) is 60.8 Å². The molecule has 3 aromatic rings. The second-order valence-electron chi connectivity index (χ2n) is 6.55. The van der Waals surface area contributed by atoms with Crippen LogP contribution in [-0.2, 0) is 9.59 Å². The number of nitrogens with one attached hydrogen (secondary N) is 1. The van der Waals surface area contributed by atoms with Crippen LogP contribution in [0.1, 0.15) is 10.4 Å². The molecule has 0 fully saturated rings. The van der Waals surface area contributed by atoms with Crippen LogP contribution in [0.5, 0.6) is 0 Å². The van der Waals surface area contributed by atoms with Gasteiger partial charge in [-0.3, -0.25) is 19.4 Å². The average molecular weight is 391 g/mol. The van der Waals surface area contributed by atoms with Crippen molar-refractivity contribution in [1.82, 2.24) is 15.2 Å². The van der Waals surface area contributed by atoms with Gasteiger partial charge in [-0.15, -0.1) is 0 Å². The lowest BCUT2D eigenvalue weighted by Crippen LogP contribution is -2.52. The number of rotatable bonds is 6. The van der Waals surface area contributed by atoms with Crippen molar-refractivity contribution in [2.24, 2.45) is 0 Å². The number of carbonyl (C=O) groups is 3. The van der Waals surface area contributed by atoms with Crippen molar-refractivity contribution in [3.05, 3.63) is 66.4 Å². The molecule has 2 N–H and O–H groups in total. The van der Waals surface area contributed by atoms with Crippen molar-refractivity contribution in [1.29, 1.82) is 0 Å². The van der Waals surface area contributed by atoms with E-state index in [9.17, 15) is 14.4 Å². The van der Waals surface area contributed by atoms with Gasteiger partial charge >= 0.3 is 0 Å². The molecule has 2 amide bonds. The Labute approximate surface area is 168 Å². The molecule has 0 aliphatic carbocycles. The number of ketones is 1. The zero-order valence-electron chi connectivity index (χ0n) is 16.1. The summed E-state index contributed by atoms with van der Waals surface area (Å²) in [5.41, 5.74) is 3.14. The first kappa shape index (κ1) is 20.2. The van der Waals surface area contributed by atoms with Crippen molar-refractivity contribution in [3.8, 4) is 11.1 Å². The van der Waals surface area contributed by atoms with Crippen LogP contribution in [0.4, 0.5) is 0 Å². The van der Waals surface area contributed by atoms with E-state index in [1.54, 1.807) is 30.5 Å². The molecule has 0 saturated carbocycles. The third-order valence-corrected chi connectivity index (χ3v) is 4.73. The summed E-state index contributed by atoms with van der Waals surface area (Å²) in [6, 6.07) is 15.3. The van der Waals surface area contributed by atoms with E-state index in [0.29, 0.717) is 5.56 Å². The molecular weight excluding hydrogens is 370 g/mol. The Kier molecular flexibility index (Phi) is 5.99. The lowest BCUT2D eigenvalue weighted by molar-refractivity contribution is -0.135. The second kappa shape index (κ2) is 8.62. The fourth-order valence-electron chi connectivity index (χ4n) is 3.14. The SMILES string of the molecule is CNC(=O)C(C(=O)CO)N(C)C(=O)c1ccc(-c2ccc3ncccc3c2)cc1. The van der Waals surface area contributed by atoms with Crippen LogP contribution in [0.3, 0.4) is 0 Å². The normalized spacial score (nSPS) is 11.7. The number of pyridine rings is 1. The van der Waals surface area contributed by atoms with Crippen LogP contribution >= 0.6 is 0 Å². The molecule has 0 radical (unpaired) electrons. The molecular formula is C22H21N3O4. The quantitative estimate of drug-likeness (QED) is 0.623. The Bertz CT molecular complexity index is 1050. The number of benzene rings is 2. The molecule has 148 valence electrons. The van der Waals surface area contributed by atoms with Gasteiger partial charge in [0.1, 0.15) is 6.61 Å². The van der Waals surface area contributed by atoms with Gasteiger partial charge < -0.3 is 15.3 Å². The zero-order chi connectivity index (χ0) is 21.0. The molecule has 1 aromatic heterocycles. The number of hydrogen-bond donors (Lipinski definition) is 2. The summed E-state index contributed by atoms with van der Waals surface area (Å²) in [5.74, 6) is -1.89. The first-order valence-electron chi connectivity index (χ1n) is 9.04. The summed E-state index contributed by atoms with van der Waals surface area (Å²) in [5, 5.41) is 12.5. The summed E-state index contributed by atoms with van der Waals surface area (Å²) >= 11 is 0. The molecule has 7 heteroatoms. The number of aliphatic hydroxyl groups excluding tert-OH is 1. The number of amides is 2. The van der Waals surface area contributed by atoms with Gasteiger partial charge in [-0.05, 0) is 41.5 Å². The Hall–Kier alpha value is -3.58. The number of fused-ring (bicyclic) bond motifs is 1. The highest BCUT2D eigenvalue weighted by Crippen LogP contribution is 2.24. The lowest BCUT2D eigenvalue weighted by atomic mass is 10.0. The molecule has 2 aromatic carbocycles. The molecule has 1 heterocycles. The minimum atomic E-state index is -1.38. The molecule has 0 aliphatic rings. The van der Waals surface area contributed by atoms with Gasteiger partial charge in [0.2, 0.25) is 5.91 Å². The van der Waals surface area contributed by atoms with Crippen LogP contribution < -0.4 is 5.32 Å². The van der Waals surface area contributed by atoms with Crippen molar-refractivity contribution < 1.29 is 19.5 Å². The van der Waals surface area contributed by atoms with Crippen molar-refractivity contribution in [3.63, 3.8) is 0 Å². The molecule has 7 nitrogen and oxygen atoms in total. The predicted octanol–water partition coefficient (Wildman–Crippen LogP) is 1.65. The van der Waals surface area contributed by atoms with E-state index in [1.165, 1.54) is 14.1 Å². The van der Waals surface area contributed by atoms with Gasteiger partial charge in [-0.1, -0.05) is 24.3 Å². The lowest BCUT2D eigenvalue weighted by Gasteiger charge is -2.25. The summed E-state index contributed by atoms with van der Waals surface area (Å²) in [7, 11) is 2.73. The van der Waals surface area contributed by atoms with Crippen LogP contribution in [0.2, 0.25) is 0 Å². The molecule has 0 saturated heterocycles. The van der Waals surface area contributed by atoms with Gasteiger partial charge in [0, 0.05) is 31.2 Å². The molecule has 1 unspecified atom stereocenters. The maximum Gasteiger partial charge on any atom is 0.254 e. The summed E-state index contributed by atoms with van der Waals surface area (Å²) < 4.78 is 0. The molecule has 0 aliphatic heterocycles. The van der Waals surface area contributed by atoms with Crippen molar-refractivity contribution in [2.75, 3.05) is 20.7 Å². The number of aliphatic hydroxyl groups is 1. The Morgan fingerprint density at radius 3 is 2.41 bits per heavy atom. The maximum absolute atomic E-state index is 12.8. The van der Waals surface area contributed by atoms with Crippen molar-refractivity contribution >= 4 is 28.5 Å². The number of likely N-dealkylation sites (N-methyl/N-ethyl adjacent to an activating group) is 2. The van der Waals surface area contributed by atoms with E-state index >= 15 is 0 Å². The third kappa shape index (κ3) is 4.14. The highest BCUT2D eigenvalue weighted by Gasteiger charge is 2.32. The number of hydrogen-bond acceptors (Lipinski definition) is 5. The second-order valence-corrected chi connectivity index (χ2v) is 6.55. The smallest absolute Gasteiger partial charge is 0.254 e. The zero-order valence-corrected chi connectivity index (χ0v) is 16.1. The monoisotopic (exact) mass is 391 g/mol. The molecule has 1 atom stereocenters. The Morgan fingerprint density at radius 1 is 1.07 bits per heavy atom. The molecule has 0 spiro atoms. The maximum atomic E-state index is 12.8. The van der Waals surface area contributed by atoms with E-state index in [-0.39, 0.29) is 0 Å². The highest BCUT2D eigenvalue weighted by molar-refractivity contribution is 6.10. The van der Waals surface area contributed by atoms with Gasteiger partial charge in [-0.2, -0.15) is 0 Å². The largest absolute Gasteiger partial charge is 0.388 e. The van der Waals surface area contributed by atoms with Gasteiger partial charge in [0.05, 0.1) is 5.52 Å². The number of aromatic nitrogens is 1. The van der Waals surface area contributed by atoms with Crippen LogP contribution in [-0.4, -0.2) is 59.3 Å². The number of carbonyl (C=O) groups excluding carboxylic acids is 3. The first-order chi connectivity index (χ1) is 14.0. The predicted molar refractivity (Wildman–Crippen MR) is 109 cm³/mol. The minimum Gasteiger partial charge on any atom is -0.388 e. The Balaban J connectivity index is 1.85. The third-order valence-electron chi connectivity index (χ3n) is 4.73. The van der Waals surface area contributed by atoms with Gasteiger partial charge in [-0.25, -0.2) is 0 Å². The summed E-state index contributed by atoms with van der Waals surface area (Å²) in [6.07, 6.45) is 1.74. The van der Waals surface area contributed by atoms with E-state index in [0.717, 1.165) is 26.9 Å². The first-order valence-corrected chi connectivity index (χ1v) is 9.04.